The van der Waals surface area contributed by atoms with Crippen LogP contribution in [-0.4, -0.2) is 30.8 Å². The normalized spacial score (nSPS) is 19.5. The molecule has 0 saturated carbocycles. The van der Waals surface area contributed by atoms with Crippen LogP contribution in [0.25, 0.3) is 0 Å². The first-order chi connectivity index (χ1) is 8.66. The zero-order valence-corrected chi connectivity index (χ0v) is 10.9. The van der Waals surface area contributed by atoms with E-state index in [-0.39, 0.29) is 0 Å². The van der Waals surface area contributed by atoms with Gasteiger partial charge < -0.3 is 10.4 Å². The third-order valence-electron chi connectivity index (χ3n) is 3.19. The Bertz CT molecular complexity index is 419. The topological polar surface area (TPSA) is 52.6 Å². The van der Waals surface area contributed by atoms with Gasteiger partial charge in [-0.2, -0.15) is 0 Å². The molecule has 1 atom stereocenters. The smallest absolute Gasteiger partial charge is 0.411 e. The van der Waals surface area contributed by atoms with E-state index >= 15 is 0 Å². The molecule has 5 heteroatoms. The van der Waals surface area contributed by atoms with Crippen LogP contribution in [0.4, 0.5) is 10.5 Å². The van der Waals surface area contributed by atoms with E-state index in [4.69, 9.17) is 11.6 Å². The van der Waals surface area contributed by atoms with Crippen LogP contribution in [0.5, 0.6) is 0 Å². The van der Waals surface area contributed by atoms with E-state index in [1.54, 1.807) is 24.3 Å². The lowest BCUT2D eigenvalue weighted by atomic mass is 9.99. The van der Waals surface area contributed by atoms with E-state index in [0.29, 0.717) is 23.2 Å². The number of anilines is 1. The molecule has 1 heterocycles. The van der Waals surface area contributed by atoms with Crippen molar-refractivity contribution in [3.63, 3.8) is 0 Å². The summed E-state index contributed by atoms with van der Waals surface area (Å²) in [6.45, 7) is 2.42. The number of piperidine rings is 1. The number of nitrogens with zero attached hydrogens (tertiary/aromatic N) is 1. The fraction of sp³-hybridized carbons (Fsp3) is 0.462. The summed E-state index contributed by atoms with van der Waals surface area (Å²) in [6, 6.07) is 6.97. The van der Waals surface area contributed by atoms with Gasteiger partial charge in [0.25, 0.3) is 0 Å². The molecule has 1 saturated heterocycles. The maximum absolute atomic E-state index is 11.3. The standard InChI is InChI=1S/C13H17ClN2O2/c14-11-4-1-5-12(7-11)16(13(17)18)9-10-3-2-6-15-8-10/h1,4-5,7,10,15H,2-3,6,8-9H2,(H,17,18). The van der Waals surface area contributed by atoms with Crippen LogP contribution in [0.1, 0.15) is 12.8 Å². The molecule has 0 aromatic heterocycles. The first-order valence-corrected chi connectivity index (χ1v) is 6.51. The molecule has 1 aliphatic rings. The molecule has 0 bridgehead atoms. The van der Waals surface area contributed by atoms with Gasteiger partial charge in [-0.15, -0.1) is 0 Å². The number of carbonyl (C=O) groups is 1. The molecule has 2 rings (SSSR count). The zero-order chi connectivity index (χ0) is 13.0. The van der Waals surface area contributed by atoms with E-state index in [2.05, 4.69) is 5.32 Å². The highest BCUT2D eigenvalue weighted by atomic mass is 35.5. The molecule has 18 heavy (non-hydrogen) atoms. The molecule has 1 aromatic rings. The molecule has 0 aliphatic carbocycles. The summed E-state index contributed by atoms with van der Waals surface area (Å²) < 4.78 is 0. The highest BCUT2D eigenvalue weighted by Crippen LogP contribution is 2.22. The second-order valence-electron chi connectivity index (χ2n) is 4.59. The van der Waals surface area contributed by atoms with Crippen LogP contribution in [0, 0.1) is 5.92 Å². The Kier molecular flexibility index (Phi) is 4.44. The number of nitrogens with one attached hydrogen (secondary N) is 1. The molecule has 1 aromatic carbocycles. The first-order valence-electron chi connectivity index (χ1n) is 6.13. The molecule has 4 nitrogen and oxygen atoms in total. The molecule has 1 aliphatic heterocycles. The monoisotopic (exact) mass is 268 g/mol. The van der Waals surface area contributed by atoms with Crippen LogP contribution < -0.4 is 10.2 Å². The largest absolute Gasteiger partial charge is 0.465 e. The van der Waals surface area contributed by atoms with Gasteiger partial charge in [0.1, 0.15) is 0 Å². The number of amides is 1. The number of carboxylic acid groups (broad SMARTS) is 1. The predicted molar refractivity (Wildman–Crippen MR) is 72.4 cm³/mol. The van der Waals surface area contributed by atoms with E-state index in [1.807, 2.05) is 0 Å². The second kappa shape index (κ2) is 6.07. The lowest BCUT2D eigenvalue weighted by Gasteiger charge is -2.28. The highest BCUT2D eigenvalue weighted by molar-refractivity contribution is 6.30. The molecule has 0 spiro atoms. The van der Waals surface area contributed by atoms with Crippen molar-refractivity contribution in [2.75, 3.05) is 24.5 Å². The summed E-state index contributed by atoms with van der Waals surface area (Å²) in [5, 5.41) is 13.2. The van der Waals surface area contributed by atoms with Gasteiger partial charge in [-0.3, -0.25) is 4.90 Å². The molecule has 1 amide bonds. The fourth-order valence-electron chi connectivity index (χ4n) is 2.28. The molecule has 98 valence electrons. The molecule has 0 radical (unpaired) electrons. The molecular weight excluding hydrogens is 252 g/mol. The number of halogens is 1. The molecule has 1 fully saturated rings. The van der Waals surface area contributed by atoms with Gasteiger partial charge in [-0.25, -0.2) is 4.79 Å². The van der Waals surface area contributed by atoms with Gasteiger partial charge in [0.05, 0.1) is 0 Å². The first kappa shape index (κ1) is 13.2. The Morgan fingerprint density at radius 2 is 2.39 bits per heavy atom. The third-order valence-corrected chi connectivity index (χ3v) is 3.43. The van der Waals surface area contributed by atoms with E-state index in [9.17, 15) is 9.90 Å². The Labute approximate surface area is 112 Å². The number of rotatable bonds is 3. The van der Waals surface area contributed by atoms with Crippen LogP contribution in [-0.2, 0) is 0 Å². The third kappa shape index (κ3) is 3.37. The highest BCUT2D eigenvalue weighted by Gasteiger charge is 2.21. The van der Waals surface area contributed by atoms with Crippen molar-refractivity contribution in [2.45, 2.75) is 12.8 Å². The van der Waals surface area contributed by atoms with Crippen molar-refractivity contribution in [1.82, 2.24) is 5.32 Å². The molecule has 2 N–H and O–H groups in total. The van der Waals surface area contributed by atoms with Crippen molar-refractivity contribution in [3.8, 4) is 0 Å². The van der Waals surface area contributed by atoms with Gasteiger partial charge in [0.15, 0.2) is 0 Å². The van der Waals surface area contributed by atoms with Gasteiger partial charge in [0, 0.05) is 17.3 Å². The summed E-state index contributed by atoms with van der Waals surface area (Å²) in [7, 11) is 0. The minimum absolute atomic E-state index is 0.369. The Morgan fingerprint density at radius 1 is 1.56 bits per heavy atom. The van der Waals surface area contributed by atoms with E-state index in [1.165, 1.54) is 4.90 Å². The summed E-state index contributed by atoms with van der Waals surface area (Å²) >= 11 is 5.90. The summed E-state index contributed by atoms with van der Waals surface area (Å²) in [5.41, 5.74) is 0.639. The van der Waals surface area contributed by atoms with Gasteiger partial charge in [-0.1, -0.05) is 17.7 Å². The van der Waals surface area contributed by atoms with Crippen LogP contribution in [0.3, 0.4) is 0 Å². The SMILES string of the molecule is O=C(O)N(CC1CCCNC1)c1cccc(Cl)c1. The Balaban J connectivity index is 2.10. The molecular formula is C13H17ClN2O2. The van der Waals surface area contributed by atoms with E-state index < -0.39 is 6.09 Å². The molecule has 1 unspecified atom stereocenters. The number of benzene rings is 1. The predicted octanol–water partition coefficient (Wildman–Crippen LogP) is 2.82. The summed E-state index contributed by atoms with van der Waals surface area (Å²) in [4.78, 5) is 12.7. The average molecular weight is 269 g/mol. The second-order valence-corrected chi connectivity index (χ2v) is 5.02. The van der Waals surface area contributed by atoms with Crippen molar-refractivity contribution in [2.24, 2.45) is 5.92 Å². The Morgan fingerprint density at radius 3 is 3.00 bits per heavy atom. The summed E-state index contributed by atoms with van der Waals surface area (Å²) in [5.74, 6) is 0.369. The van der Waals surface area contributed by atoms with Crippen molar-refractivity contribution < 1.29 is 9.90 Å². The maximum atomic E-state index is 11.3. The average Bonchev–Trinajstić information content (AvgIpc) is 2.37. The van der Waals surface area contributed by atoms with Gasteiger partial charge in [0.2, 0.25) is 0 Å². The van der Waals surface area contributed by atoms with Crippen LogP contribution in [0.15, 0.2) is 24.3 Å². The van der Waals surface area contributed by atoms with Crippen LogP contribution in [0.2, 0.25) is 5.02 Å². The minimum atomic E-state index is -0.928. The van der Waals surface area contributed by atoms with E-state index in [0.717, 1.165) is 25.9 Å². The van der Waals surface area contributed by atoms with Crippen molar-refractivity contribution in [3.05, 3.63) is 29.3 Å². The zero-order valence-electron chi connectivity index (χ0n) is 10.1. The Hall–Kier alpha value is -1.26. The number of hydrogen-bond acceptors (Lipinski definition) is 2. The van der Waals surface area contributed by atoms with Gasteiger partial charge in [-0.05, 0) is 50.0 Å². The van der Waals surface area contributed by atoms with Crippen LogP contribution >= 0.6 is 11.6 Å². The number of hydrogen-bond donors (Lipinski definition) is 2. The van der Waals surface area contributed by atoms with Crippen molar-refractivity contribution >= 4 is 23.4 Å². The fourth-order valence-corrected chi connectivity index (χ4v) is 2.46. The lowest BCUT2D eigenvalue weighted by Crippen LogP contribution is -2.40. The maximum Gasteiger partial charge on any atom is 0.411 e. The van der Waals surface area contributed by atoms with Crippen molar-refractivity contribution in [1.29, 1.82) is 0 Å². The minimum Gasteiger partial charge on any atom is -0.465 e. The summed E-state index contributed by atoms with van der Waals surface area (Å²) in [6.07, 6.45) is 1.24. The quantitative estimate of drug-likeness (QED) is 0.886. The van der Waals surface area contributed by atoms with Gasteiger partial charge >= 0.3 is 6.09 Å². The lowest BCUT2D eigenvalue weighted by molar-refractivity contribution is 0.199.